The van der Waals surface area contributed by atoms with Crippen molar-refractivity contribution in [2.75, 3.05) is 6.61 Å². The van der Waals surface area contributed by atoms with Gasteiger partial charge in [-0.25, -0.2) is 5.43 Å². The van der Waals surface area contributed by atoms with Gasteiger partial charge in [0.05, 0.1) is 5.71 Å². The minimum atomic E-state index is -0.366. The highest BCUT2D eigenvalue weighted by molar-refractivity contribution is 6.01. The first-order chi connectivity index (χ1) is 11.8. The number of nitrogens with one attached hydrogen (secondary N) is 1. The quantitative estimate of drug-likeness (QED) is 0.645. The number of carbonyl (C=O) groups is 1. The Labute approximate surface area is 148 Å². The van der Waals surface area contributed by atoms with Gasteiger partial charge in [-0.2, -0.15) is 5.10 Å². The molecule has 0 saturated heterocycles. The highest BCUT2D eigenvalue weighted by Crippen LogP contribution is 2.24. The molecule has 0 saturated carbocycles. The van der Waals surface area contributed by atoms with Crippen molar-refractivity contribution in [3.05, 3.63) is 59.7 Å². The Balaban J connectivity index is 1.88. The molecule has 2 aromatic rings. The van der Waals surface area contributed by atoms with Crippen molar-refractivity contribution in [1.82, 2.24) is 5.43 Å². The molecule has 1 amide bonds. The van der Waals surface area contributed by atoms with Crippen LogP contribution in [0.2, 0.25) is 0 Å². The number of para-hydroxylation sites is 1. The van der Waals surface area contributed by atoms with Crippen molar-refractivity contribution in [2.45, 2.75) is 33.1 Å². The molecule has 0 unspecified atom stereocenters. The average Bonchev–Trinajstić information content (AvgIpc) is 2.58. The van der Waals surface area contributed by atoms with Crippen molar-refractivity contribution in [1.29, 1.82) is 0 Å². The smallest absolute Gasteiger partial charge is 0.277 e. The fourth-order valence-electron chi connectivity index (χ4n) is 2.22. The van der Waals surface area contributed by atoms with E-state index in [1.165, 1.54) is 5.56 Å². The fourth-order valence-corrected chi connectivity index (χ4v) is 2.22. The maximum Gasteiger partial charge on any atom is 0.277 e. The highest BCUT2D eigenvalue weighted by atomic mass is 16.5. The van der Waals surface area contributed by atoms with Crippen molar-refractivity contribution < 1.29 is 14.6 Å². The van der Waals surface area contributed by atoms with Gasteiger partial charge in [0.2, 0.25) is 0 Å². The number of rotatable bonds is 5. The molecular weight excluding hydrogens is 316 g/mol. The predicted molar refractivity (Wildman–Crippen MR) is 99.1 cm³/mol. The number of phenols is 1. The number of carbonyl (C=O) groups excluding carboxylic acids is 1. The van der Waals surface area contributed by atoms with E-state index in [4.69, 9.17) is 4.74 Å². The molecule has 0 bridgehead atoms. The van der Waals surface area contributed by atoms with E-state index in [2.05, 4.69) is 31.3 Å². The largest absolute Gasteiger partial charge is 0.507 e. The first-order valence-electron chi connectivity index (χ1n) is 8.12. The Morgan fingerprint density at radius 1 is 1.12 bits per heavy atom. The molecular formula is C20H24N2O3. The van der Waals surface area contributed by atoms with Crippen LogP contribution in [0.4, 0.5) is 0 Å². The lowest BCUT2D eigenvalue weighted by atomic mass is 9.87. The van der Waals surface area contributed by atoms with Crippen LogP contribution in [-0.2, 0) is 10.2 Å². The number of amides is 1. The summed E-state index contributed by atoms with van der Waals surface area (Å²) in [6, 6.07) is 14.5. The van der Waals surface area contributed by atoms with E-state index >= 15 is 0 Å². The van der Waals surface area contributed by atoms with E-state index in [0.717, 1.165) is 0 Å². The number of hydrogen-bond donors (Lipinski definition) is 2. The van der Waals surface area contributed by atoms with Crippen LogP contribution in [0.25, 0.3) is 0 Å². The molecule has 0 aliphatic rings. The van der Waals surface area contributed by atoms with Crippen molar-refractivity contribution in [3.8, 4) is 11.5 Å². The van der Waals surface area contributed by atoms with E-state index in [1.807, 2.05) is 24.3 Å². The molecule has 0 spiro atoms. The minimum absolute atomic E-state index is 0.0745. The number of benzene rings is 2. The van der Waals surface area contributed by atoms with Crippen molar-refractivity contribution >= 4 is 11.6 Å². The zero-order valence-electron chi connectivity index (χ0n) is 15.0. The molecule has 0 heterocycles. The molecule has 0 radical (unpaired) electrons. The van der Waals surface area contributed by atoms with Crippen LogP contribution in [0.15, 0.2) is 53.6 Å². The third kappa shape index (κ3) is 5.35. The summed E-state index contributed by atoms with van der Waals surface area (Å²) >= 11 is 0. The molecule has 132 valence electrons. The van der Waals surface area contributed by atoms with Gasteiger partial charge in [0, 0.05) is 5.56 Å². The van der Waals surface area contributed by atoms with Crippen molar-refractivity contribution in [2.24, 2.45) is 5.10 Å². The van der Waals surface area contributed by atoms with Crippen LogP contribution in [0.1, 0.15) is 38.8 Å². The predicted octanol–water partition coefficient (Wildman–Crippen LogP) is 3.61. The van der Waals surface area contributed by atoms with E-state index in [0.29, 0.717) is 17.0 Å². The SMILES string of the molecule is CC(=NNC(=O)COc1ccc(C(C)(C)C)cc1)c1ccccc1O. The summed E-state index contributed by atoms with van der Waals surface area (Å²) < 4.78 is 5.47. The molecule has 0 aliphatic heterocycles. The summed E-state index contributed by atoms with van der Waals surface area (Å²) in [5.41, 5.74) is 4.79. The summed E-state index contributed by atoms with van der Waals surface area (Å²) in [6.45, 7) is 8.00. The second-order valence-electron chi connectivity index (χ2n) is 6.81. The molecule has 0 atom stereocenters. The van der Waals surface area contributed by atoms with Crippen molar-refractivity contribution in [3.63, 3.8) is 0 Å². The summed E-state index contributed by atoms with van der Waals surface area (Å²) in [5.74, 6) is 0.382. The molecule has 0 aromatic heterocycles. The molecule has 0 fully saturated rings. The van der Waals surface area contributed by atoms with Gasteiger partial charge in [-0.1, -0.05) is 45.0 Å². The van der Waals surface area contributed by atoms with Gasteiger partial charge in [-0.15, -0.1) is 0 Å². The van der Waals surface area contributed by atoms with Crippen LogP contribution in [0, 0.1) is 0 Å². The third-order valence-electron chi connectivity index (χ3n) is 3.73. The van der Waals surface area contributed by atoms with Crippen LogP contribution in [0.5, 0.6) is 11.5 Å². The maximum absolute atomic E-state index is 11.9. The van der Waals surface area contributed by atoms with Gasteiger partial charge in [0.25, 0.3) is 5.91 Å². The summed E-state index contributed by atoms with van der Waals surface area (Å²) in [6.07, 6.45) is 0. The van der Waals surface area contributed by atoms with Crippen LogP contribution < -0.4 is 10.2 Å². The zero-order valence-corrected chi connectivity index (χ0v) is 15.0. The number of phenolic OH excluding ortho intramolecular Hbond substituents is 1. The third-order valence-corrected chi connectivity index (χ3v) is 3.73. The summed E-state index contributed by atoms with van der Waals surface area (Å²) in [7, 11) is 0. The summed E-state index contributed by atoms with van der Waals surface area (Å²) in [5, 5.41) is 13.8. The Hall–Kier alpha value is -2.82. The Morgan fingerprint density at radius 3 is 2.36 bits per heavy atom. The molecule has 2 N–H and O–H groups in total. The van der Waals surface area contributed by atoms with E-state index in [9.17, 15) is 9.90 Å². The van der Waals surface area contributed by atoms with Gasteiger partial charge < -0.3 is 9.84 Å². The lowest BCUT2D eigenvalue weighted by Gasteiger charge is -2.19. The standard InChI is InChI=1S/C20H24N2O3/c1-14(17-7-5-6-8-18(17)23)21-22-19(24)13-25-16-11-9-15(10-12-16)20(2,3)4/h5-12,23H,13H2,1-4H3,(H,22,24). The first-order valence-corrected chi connectivity index (χ1v) is 8.12. The van der Waals surface area contributed by atoms with Gasteiger partial charge >= 0.3 is 0 Å². The van der Waals surface area contributed by atoms with Crippen LogP contribution >= 0.6 is 0 Å². The van der Waals surface area contributed by atoms with Gasteiger partial charge in [0.15, 0.2) is 6.61 Å². The minimum Gasteiger partial charge on any atom is -0.507 e. The second-order valence-corrected chi connectivity index (χ2v) is 6.81. The Bertz CT molecular complexity index is 759. The maximum atomic E-state index is 11.9. The highest BCUT2D eigenvalue weighted by Gasteiger charge is 2.13. The van der Waals surface area contributed by atoms with E-state index in [1.54, 1.807) is 31.2 Å². The van der Waals surface area contributed by atoms with Gasteiger partial charge in [0.1, 0.15) is 11.5 Å². The topological polar surface area (TPSA) is 70.9 Å². The molecule has 2 aromatic carbocycles. The molecule has 5 nitrogen and oxygen atoms in total. The summed E-state index contributed by atoms with van der Waals surface area (Å²) in [4.78, 5) is 11.9. The first kappa shape index (κ1) is 18.5. The monoisotopic (exact) mass is 340 g/mol. The molecule has 5 heteroatoms. The number of nitrogens with zero attached hydrogens (tertiary/aromatic N) is 1. The Kier molecular flexibility index (Phi) is 5.80. The normalized spacial score (nSPS) is 11.9. The fraction of sp³-hybridized carbons (Fsp3) is 0.300. The zero-order chi connectivity index (χ0) is 18.4. The van der Waals surface area contributed by atoms with E-state index in [-0.39, 0.29) is 23.7 Å². The molecule has 0 aliphatic carbocycles. The molecule has 25 heavy (non-hydrogen) atoms. The lowest BCUT2D eigenvalue weighted by Crippen LogP contribution is -2.25. The lowest BCUT2D eigenvalue weighted by molar-refractivity contribution is -0.123. The van der Waals surface area contributed by atoms with Crippen LogP contribution in [0.3, 0.4) is 0 Å². The van der Waals surface area contributed by atoms with Gasteiger partial charge in [-0.05, 0) is 42.2 Å². The van der Waals surface area contributed by atoms with Crippen LogP contribution in [-0.4, -0.2) is 23.3 Å². The number of aromatic hydroxyl groups is 1. The molecule has 2 rings (SSSR count). The van der Waals surface area contributed by atoms with E-state index < -0.39 is 0 Å². The Morgan fingerprint density at radius 2 is 1.76 bits per heavy atom. The number of hydrogen-bond acceptors (Lipinski definition) is 4. The second kappa shape index (κ2) is 7.83. The number of hydrazone groups is 1. The van der Waals surface area contributed by atoms with Gasteiger partial charge in [-0.3, -0.25) is 4.79 Å². The number of ether oxygens (including phenoxy) is 1. The average molecular weight is 340 g/mol.